The number of hydrogen-bond acceptors (Lipinski definition) is 3. The van der Waals surface area contributed by atoms with Gasteiger partial charge in [0.1, 0.15) is 5.75 Å². The summed E-state index contributed by atoms with van der Waals surface area (Å²) in [6.45, 7) is 5.09. The van der Waals surface area contributed by atoms with Gasteiger partial charge in [0.05, 0.1) is 18.5 Å². The SMILES string of the molecule is CCCCCCCCOc1ccc([C@H](N)CC)nc1. The van der Waals surface area contributed by atoms with Crippen LogP contribution in [0.15, 0.2) is 18.3 Å². The monoisotopic (exact) mass is 264 g/mol. The predicted octanol–water partition coefficient (Wildman–Crippen LogP) is 4.23. The molecule has 0 saturated carbocycles. The molecule has 1 aromatic rings. The van der Waals surface area contributed by atoms with Crippen molar-refractivity contribution in [2.24, 2.45) is 5.73 Å². The van der Waals surface area contributed by atoms with Crippen LogP contribution in [0.5, 0.6) is 5.75 Å². The van der Waals surface area contributed by atoms with E-state index in [1.165, 1.54) is 32.1 Å². The highest BCUT2D eigenvalue weighted by molar-refractivity contribution is 5.21. The second-order valence-electron chi connectivity index (χ2n) is 5.05. The maximum atomic E-state index is 5.92. The summed E-state index contributed by atoms with van der Waals surface area (Å²) in [5.74, 6) is 0.848. The standard InChI is InChI=1S/C16H28N2O/c1-3-5-6-7-8-9-12-19-14-10-11-16(18-13-14)15(17)4-2/h10-11,13,15H,3-9,12,17H2,1-2H3/t15-/m1/s1. The van der Waals surface area contributed by atoms with Gasteiger partial charge < -0.3 is 10.5 Å². The van der Waals surface area contributed by atoms with Crippen LogP contribution in [0.4, 0.5) is 0 Å². The second-order valence-corrected chi connectivity index (χ2v) is 5.05. The van der Waals surface area contributed by atoms with Crippen molar-refractivity contribution < 1.29 is 4.74 Å². The summed E-state index contributed by atoms with van der Waals surface area (Å²) < 4.78 is 5.68. The number of unbranched alkanes of at least 4 members (excludes halogenated alkanes) is 5. The zero-order valence-electron chi connectivity index (χ0n) is 12.4. The Hall–Kier alpha value is -1.09. The highest BCUT2D eigenvalue weighted by Crippen LogP contribution is 2.15. The first kappa shape index (κ1) is 16.0. The van der Waals surface area contributed by atoms with Crippen LogP contribution in [0.1, 0.15) is 70.5 Å². The zero-order valence-corrected chi connectivity index (χ0v) is 12.4. The van der Waals surface area contributed by atoms with E-state index in [9.17, 15) is 0 Å². The summed E-state index contributed by atoms with van der Waals surface area (Å²) in [7, 11) is 0. The van der Waals surface area contributed by atoms with Gasteiger partial charge in [0.2, 0.25) is 0 Å². The highest BCUT2D eigenvalue weighted by Gasteiger charge is 2.04. The van der Waals surface area contributed by atoms with Gasteiger partial charge in [0.15, 0.2) is 0 Å². The predicted molar refractivity (Wildman–Crippen MR) is 80.3 cm³/mol. The van der Waals surface area contributed by atoms with E-state index in [1.54, 1.807) is 6.20 Å². The number of rotatable bonds is 10. The van der Waals surface area contributed by atoms with Gasteiger partial charge in [-0.15, -0.1) is 0 Å². The van der Waals surface area contributed by atoms with Gasteiger partial charge in [-0.05, 0) is 25.0 Å². The van der Waals surface area contributed by atoms with Crippen molar-refractivity contribution in [1.82, 2.24) is 4.98 Å². The molecule has 3 nitrogen and oxygen atoms in total. The van der Waals surface area contributed by atoms with Gasteiger partial charge in [0.25, 0.3) is 0 Å². The molecule has 0 aliphatic rings. The molecule has 0 fully saturated rings. The minimum atomic E-state index is 0.0348. The summed E-state index contributed by atoms with van der Waals surface area (Å²) >= 11 is 0. The van der Waals surface area contributed by atoms with Crippen molar-refractivity contribution in [3.63, 3.8) is 0 Å². The third-order valence-electron chi connectivity index (χ3n) is 3.35. The molecular weight excluding hydrogens is 236 g/mol. The van der Waals surface area contributed by atoms with E-state index in [1.807, 2.05) is 12.1 Å². The van der Waals surface area contributed by atoms with Crippen LogP contribution < -0.4 is 10.5 Å². The average Bonchev–Trinajstić information content (AvgIpc) is 2.46. The Labute approximate surface area is 117 Å². The van der Waals surface area contributed by atoms with Crippen molar-refractivity contribution in [3.8, 4) is 5.75 Å². The molecule has 0 radical (unpaired) electrons. The van der Waals surface area contributed by atoms with E-state index in [0.29, 0.717) is 0 Å². The van der Waals surface area contributed by atoms with Crippen LogP contribution in [-0.4, -0.2) is 11.6 Å². The van der Waals surface area contributed by atoms with Gasteiger partial charge in [-0.1, -0.05) is 46.0 Å². The fourth-order valence-corrected chi connectivity index (χ4v) is 1.98. The van der Waals surface area contributed by atoms with Gasteiger partial charge in [0, 0.05) is 6.04 Å². The van der Waals surface area contributed by atoms with E-state index in [4.69, 9.17) is 10.5 Å². The number of nitrogens with zero attached hydrogens (tertiary/aromatic N) is 1. The molecule has 0 spiro atoms. The molecule has 108 valence electrons. The van der Waals surface area contributed by atoms with E-state index < -0.39 is 0 Å². The quantitative estimate of drug-likeness (QED) is 0.643. The minimum absolute atomic E-state index is 0.0348. The van der Waals surface area contributed by atoms with Gasteiger partial charge in [-0.25, -0.2) is 0 Å². The molecule has 0 unspecified atom stereocenters. The van der Waals surface area contributed by atoms with Crippen molar-refractivity contribution in [2.45, 2.75) is 64.8 Å². The molecule has 3 heteroatoms. The molecule has 0 saturated heterocycles. The third-order valence-corrected chi connectivity index (χ3v) is 3.35. The minimum Gasteiger partial charge on any atom is -0.492 e. The van der Waals surface area contributed by atoms with Crippen LogP contribution in [0.25, 0.3) is 0 Å². The number of pyridine rings is 1. The van der Waals surface area contributed by atoms with E-state index >= 15 is 0 Å². The fourth-order valence-electron chi connectivity index (χ4n) is 1.98. The lowest BCUT2D eigenvalue weighted by Crippen LogP contribution is -2.10. The van der Waals surface area contributed by atoms with Crippen LogP contribution in [0.3, 0.4) is 0 Å². The highest BCUT2D eigenvalue weighted by atomic mass is 16.5. The Kier molecular flexibility index (Phi) is 8.23. The largest absolute Gasteiger partial charge is 0.492 e. The maximum Gasteiger partial charge on any atom is 0.137 e. The first-order valence-corrected chi connectivity index (χ1v) is 7.62. The molecule has 0 aromatic carbocycles. The van der Waals surface area contributed by atoms with Gasteiger partial charge >= 0.3 is 0 Å². The summed E-state index contributed by atoms with van der Waals surface area (Å²) in [4.78, 5) is 4.34. The van der Waals surface area contributed by atoms with Gasteiger partial charge in [-0.2, -0.15) is 0 Å². The van der Waals surface area contributed by atoms with Crippen LogP contribution >= 0.6 is 0 Å². The number of nitrogens with two attached hydrogens (primary N) is 1. The summed E-state index contributed by atoms with van der Waals surface area (Å²) in [6, 6.07) is 3.97. The van der Waals surface area contributed by atoms with E-state index in [2.05, 4.69) is 18.8 Å². The zero-order chi connectivity index (χ0) is 13.9. The van der Waals surface area contributed by atoms with E-state index in [-0.39, 0.29) is 6.04 Å². The number of ether oxygens (including phenoxy) is 1. The van der Waals surface area contributed by atoms with Gasteiger partial charge in [-0.3, -0.25) is 4.98 Å². The lowest BCUT2D eigenvalue weighted by atomic mass is 10.1. The summed E-state index contributed by atoms with van der Waals surface area (Å²) in [6.07, 6.45) is 10.4. The Balaban J connectivity index is 2.16. The summed E-state index contributed by atoms with van der Waals surface area (Å²) in [5.41, 5.74) is 6.86. The van der Waals surface area contributed by atoms with Crippen LogP contribution in [0, 0.1) is 0 Å². The third kappa shape index (κ3) is 6.58. The molecule has 1 aromatic heterocycles. The number of aromatic nitrogens is 1. The lowest BCUT2D eigenvalue weighted by molar-refractivity contribution is 0.303. The van der Waals surface area contributed by atoms with Crippen molar-refractivity contribution in [3.05, 3.63) is 24.0 Å². The maximum absolute atomic E-state index is 5.92. The molecule has 19 heavy (non-hydrogen) atoms. The average molecular weight is 264 g/mol. The molecule has 1 rings (SSSR count). The Bertz CT molecular complexity index is 324. The topological polar surface area (TPSA) is 48.1 Å². The van der Waals surface area contributed by atoms with Crippen molar-refractivity contribution >= 4 is 0 Å². The molecule has 1 atom stereocenters. The molecule has 0 aliphatic heterocycles. The molecule has 0 bridgehead atoms. The summed E-state index contributed by atoms with van der Waals surface area (Å²) in [5, 5.41) is 0. The lowest BCUT2D eigenvalue weighted by Gasteiger charge is -2.09. The first-order chi connectivity index (χ1) is 9.27. The Morgan fingerprint density at radius 1 is 1.11 bits per heavy atom. The van der Waals surface area contributed by atoms with Crippen molar-refractivity contribution in [2.75, 3.05) is 6.61 Å². The molecule has 2 N–H and O–H groups in total. The normalized spacial score (nSPS) is 12.4. The van der Waals surface area contributed by atoms with Crippen molar-refractivity contribution in [1.29, 1.82) is 0 Å². The molecule has 0 aliphatic carbocycles. The molecule has 1 heterocycles. The fraction of sp³-hybridized carbons (Fsp3) is 0.688. The Morgan fingerprint density at radius 2 is 1.84 bits per heavy atom. The smallest absolute Gasteiger partial charge is 0.137 e. The first-order valence-electron chi connectivity index (χ1n) is 7.62. The van der Waals surface area contributed by atoms with Crippen LogP contribution in [0.2, 0.25) is 0 Å². The Morgan fingerprint density at radius 3 is 2.47 bits per heavy atom. The van der Waals surface area contributed by atoms with E-state index in [0.717, 1.165) is 30.9 Å². The molecular formula is C16H28N2O. The van der Waals surface area contributed by atoms with Crippen LogP contribution in [-0.2, 0) is 0 Å². The molecule has 0 amide bonds. The number of hydrogen-bond donors (Lipinski definition) is 1. The second kappa shape index (κ2) is 9.79.